The molecule has 0 spiro atoms. The summed E-state index contributed by atoms with van der Waals surface area (Å²) in [5.41, 5.74) is 4.13. The van der Waals surface area contributed by atoms with Gasteiger partial charge in [-0.1, -0.05) is 49.6 Å². The molecule has 1 saturated carbocycles. The first-order valence-corrected chi connectivity index (χ1v) is 16.8. The number of benzene rings is 2. The van der Waals surface area contributed by atoms with Crippen LogP contribution >= 0.6 is 11.9 Å². The molecule has 2 heterocycles. The first-order chi connectivity index (χ1) is 18.7. The molecule has 2 aromatic carbocycles. The van der Waals surface area contributed by atoms with Crippen LogP contribution in [0.1, 0.15) is 81.8 Å². The zero-order valence-electron chi connectivity index (χ0n) is 23.8. The van der Waals surface area contributed by atoms with Gasteiger partial charge in [-0.3, -0.25) is 13.7 Å². The number of hydrogen-bond acceptors (Lipinski definition) is 4. The number of rotatable bonds is 7. The molecule has 1 aromatic heterocycles. The van der Waals surface area contributed by atoms with E-state index in [4.69, 9.17) is 0 Å². The van der Waals surface area contributed by atoms with Crippen LogP contribution in [0.15, 0.2) is 47.4 Å². The molecule has 0 unspecified atom stereocenters. The molecule has 3 aromatic rings. The summed E-state index contributed by atoms with van der Waals surface area (Å²) in [6.45, 7) is 9.59. The lowest BCUT2D eigenvalue weighted by molar-refractivity contribution is 0.0933. The molecule has 5 rings (SSSR count). The molecule has 1 aliphatic heterocycles. The molecule has 0 bridgehead atoms. The van der Waals surface area contributed by atoms with Crippen molar-refractivity contribution in [2.45, 2.75) is 95.7 Å². The number of nitrogens with one attached hydrogen (secondary N) is 2. The zero-order chi connectivity index (χ0) is 27.6. The molecule has 5 nitrogen and oxygen atoms in total. The van der Waals surface area contributed by atoms with Gasteiger partial charge in [0.2, 0.25) is 0 Å². The van der Waals surface area contributed by atoms with Crippen LogP contribution in [0.3, 0.4) is 0 Å². The van der Waals surface area contributed by atoms with Crippen molar-refractivity contribution in [2.24, 2.45) is 5.92 Å². The number of hydrogen-bond donors (Lipinski definition) is 2. The summed E-state index contributed by atoms with van der Waals surface area (Å²) in [6, 6.07) is 15.3. The van der Waals surface area contributed by atoms with Crippen LogP contribution in [0, 0.1) is 12.8 Å². The van der Waals surface area contributed by atoms with Gasteiger partial charge in [0, 0.05) is 62.3 Å². The van der Waals surface area contributed by atoms with Crippen molar-refractivity contribution in [3.63, 3.8) is 0 Å². The van der Waals surface area contributed by atoms with E-state index in [1.165, 1.54) is 53.3 Å². The smallest absolute Gasteiger partial charge is 0.253 e. The lowest BCUT2D eigenvalue weighted by Crippen LogP contribution is -2.39. The molecule has 0 atom stereocenters. The van der Waals surface area contributed by atoms with Gasteiger partial charge in [0.25, 0.3) is 5.91 Å². The zero-order valence-corrected chi connectivity index (χ0v) is 25.5. The second kappa shape index (κ2) is 12.2. The van der Waals surface area contributed by atoms with Crippen molar-refractivity contribution in [1.29, 1.82) is 0 Å². The van der Waals surface area contributed by atoms with E-state index in [2.05, 4.69) is 84.8 Å². The quantitative estimate of drug-likeness (QED) is 0.297. The summed E-state index contributed by atoms with van der Waals surface area (Å²) in [7, 11) is -0.737. The van der Waals surface area contributed by atoms with Crippen molar-refractivity contribution >= 4 is 39.4 Å². The summed E-state index contributed by atoms with van der Waals surface area (Å²) >= 11 is 1.68. The Kier molecular flexibility index (Phi) is 8.89. The maximum absolute atomic E-state index is 13.6. The maximum Gasteiger partial charge on any atom is 0.253 e. The van der Waals surface area contributed by atoms with Crippen LogP contribution < -0.4 is 10.0 Å². The third-order valence-corrected chi connectivity index (χ3v) is 10.8. The second-order valence-corrected chi connectivity index (χ2v) is 14.9. The number of amides is 1. The molecule has 1 amide bonds. The number of nitrogens with zero attached hydrogens (tertiary/aromatic N) is 1. The molecule has 1 aliphatic carbocycles. The summed E-state index contributed by atoms with van der Waals surface area (Å²) in [4.78, 5) is 14.8. The molecule has 2 N–H and O–H groups in total. The van der Waals surface area contributed by atoms with Crippen molar-refractivity contribution in [3.8, 4) is 11.3 Å². The fourth-order valence-corrected chi connectivity index (χ4v) is 8.09. The molecular formula is C32H43N3O2S2. The van der Waals surface area contributed by atoms with E-state index in [-0.39, 0.29) is 17.5 Å². The average molecular weight is 566 g/mol. The Bertz CT molecular complexity index is 1340. The minimum Gasteiger partial charge on any atom is -0.349 e. The van der Waals surface area contributed by atoms with Gasteiger partial charge in [0.1, 0.15) is 0 Å². The highest BCUT2D eigenvalue weighted by Gasteiger charge is 2.26. The Morgan fingerprint density at radius 3 is 2.38 bits per heavy atom. The molecule has 39 heavy (non-hydrogen) atoms. The van der Waals surface area contributed by atoms with E-state index in [0.29, 0.717) is 17.4 Å². The van der Waals surface area contributed by atoms with Gasteiger partial charge in [-0.15, -0.1) is 0 Å². The minimum atomic E-state index is -0.737. The highest BCUT2D eigenvalue weighted by Crippen LogP contribution is 2.38. The highest BCUT2D eigenvalue weighted by molar-refractivity contribution is 7.97. The van der Waals surface area contributed by atoms with Gasteiger partial charge in [0.15, 0.2) is 0 Å². The number of aromatic nitrogens is 1. The number of fused-ring (bicyclic) bond motifs is 1. The normalized spacial score (nSPS) is 20.8. The Hall–Kier alpha value is -2.09. The van der Waals surface area contributed by atoms with Crippen LogP contribution in [0.5, 0.6) is 0 Å². The Balaban J connectivity index is 1.53. The third-order valence-electron chi connectivity index (χ3n) is 8.13. The van der Waals surface area contributed by atoms with Gasteiger partial charge < -0.3 is 9.88 Å². The topological polar surface area (TPSA) is 63.1 Å². The van der Waals surface area contributed by atoms with Crippen molar-refractivity contribution in [3.05, 3.63) is 53.7 Å². The highest BCUT2D eigenvalue weighted by atomic mass is 32.2. The van der Waals surface area contributed by atoms with Crippen LogP contribution in [-0.4, -0.2) is 37.8 Å². The minimum absolute atomic E-state index is 0.000292. The summed E-state index contributed by atoms with van der Waals surface area (Å²) < 4.78 is 17.8. The van der Waals surface area contributed by atoms with E-state index < -0.39 is 10.8 Å². The van der Waals surface area contributed by atoms with Gasteiger partial charge in [0.05, 0.1) is 5.56 Å². The molecule has 210 valence electrons. The number of carbonyl (C=O) groups is 1. The van der Waals surface area contributed by atoms with Gasteiger partial charge in [-0.25, -0.2) is 0 Å². The van der Waals surface area contributed by atoms with Crippen LogP contribution in [0.4, 0.5) is 0 Å². The predicted octanol–water partition coefficient (Wildman–Crippen LogP) is 7.23. The summed E-state index contributed by atoms with van der Waals surface area (Å²) in [5, 5.41) is 5.70. The van der Waals surface area contributed by atoms with Crippen LogP contribution in [0.25, 0.3) is 22.0 Å². The van der Waals surface area contributed by atoms with Crippen molar-refractivity contribution < 1.29 is 9.00 Å². The lowest BCUT2D eigenvalue weighted by Gasteiger charge is -2.25. The molecule has 7 heteroatoms. The van der Waals surface area contributed by atoms with E-state index in [0.717, 1.165) is 36.3 Å². The van der Waals surface area contributed by atoms with Crippen molar-refractivity contribution in [2.75, 3.05) is 11.5 Å². The van der Waals surface area contributed by atoms with E-state index in [9.17, 15) is 9.00 Å². The second-order valence-electron chi connectivity index (χ2n) is 12.4. The van der Waals surface area contributed by atoms with Crippen LogP contribution in [0.2, 0.25) is 0 Å². The molecular weight excluding hydrogens is 523 g/mol. The van der Waals surface area contributed by atoms with E-state index in [1.54, 1.807) is 11.9 Å². The Labute approximate surface area is 240 Å². The number of carbonyl (C=O) groups excluding carboxylic acids is 1. The Morgan fingerprint density at radius 1 is 1.00 bits per heavy atom. The van der Waals surface area contributed by atoms with E-state index >= 15 is 0 Å². The standard InChI is InChI=1S/C32H43N3O2S2/c1-22-28(31(36)33-24-16-18-39(37)19-17-24)20-29(35(22)21-23-10-6-5-7-11-23)26-14-15-30(38-34-32(2,3)4)27-13-9-8-12-25(26)27/h8-9,12-15,20,23-24,34H,5-7,10-11,16-19,21H2,1-4H3,(H,33,36). The SMILES string of the molecule is Cc1c(C(=O)NC2CCS(=O)CC2)cc(-c2ccc(SNC(C)(C)C)c3ccccc23)n1CC1CCCCC1. The molecule has 0 radical (unpaired) electrons. The molecule has 2 fully saturated rings. The maximum atomic E-state index is 13.6. The fraction of sp³-hybridized carbons (Fsp3) is 0.531. The molecule has 2 aliphatic rings. The van der Waals surface area contributed by atoms with Gasteiger partial charge in [-0.05, 0) is 94.1 Å². The van der Waals surface area contributed by atoms with Crippen molar-refractivity contribution in [1.82, 2.24) is 14.6 Å². The van der Waals surface area contributed by atoms with E-state index in [1.807, 2.05) is 0 Å². The average Bonchev–Trinajstić information content (AvgIpc) is 3.24. The van der Waals surface area contributed by atoms with Gasteiger partial charge >= 0.3 is 0 Å². The largest absolute Gasteiger partial charge is 0.349 e. The third kappa shape index (κ3) is 6.80. The monoisotopic (exact) mass is 565 g/mol. The fourth-order valence-electron chi connectivity index (χ4n) is 5.95. The Morgan fingerprint density at radius 2 is 1.69 bits per heavy atom. The van der Waals surface area contributed by atoms with Gasteiger partial charge in [-0.2, -0.15) is 0 Å². The first kappa shape index (κ1) is 28.4. The molecule has 1 saturated heterocycles. The van der Waals surface area contributed by atoms with Crippen LogP contribution in [-0.2, 0) is 17.3 Å². The summed E-state index contributed by atoms with van der Waals surface area (Å²) in [6.07, 6.45) is 8.02. The predicted molar refractivity (Wildman–Crippen MR) is 166 cm³/mol. The first-order valence-electron chi connectivity index (χ1n) is 14.5. The lowest BCUT2D eigenvalue weighted by atomic mass is 9.89. The summed E-state index contributed by atoms with van der Waals surface area (Å²) in [5.74, 6) is 2.00.